The highest BCUT2D eigenvalue weighted by molar-refractivity contribution is 5.21. The summed E-state index contributed by atoms with van der Waals surface area (Å²) in [5.74, 6) is 0.549. The van der Waals surface area contributed by atoms with Gasteiger partial charge in [-0.1, -0.05) is 42.8 Å². The Morgan fingerprint density at radius 2 is 1.94 bits per heavy atom. The molecule has 1 saturated carbocycles. The van der Waals surface area contributed by atoms with Gasteiger partial charge in [0.1, 0.15) is 6.10 Å². The van der Waals surface area contributed by atoms with Crippen molar-refractivity contribution in [2.45, 2.75) is 44.1 Å². The maximum absolute atomic E-state index is 5.92. The van der Waals surface area contributed by atoms with Gasteiger partial charge >= 0.3 is 0 Å². The van der Waals surface area contributed by atoms with Crippen LogP contribution in [0, 0.1) is 0 Å². The molecule has 0 saturated heterocycles. The fourth-order valence-corrected chi connectivity index (χ4v) is 2.65. The lowest BCUT2D eigenvalue weighted by Gasteiger charge is -2.31. The summed E-state index contributed by atoms with van der Waals surface area (Å²) in [6.07, 6.45) is 12.0. The molecule has 0 radical (unpaired) electrons. The molecule has 0 spiro atoms. The van der Waals surface area contributed by atoms with E-state index in [4.69, 9.17) is 4.74 Å². The van der Waals surface area contributed by atoms with Gasteiger partial charge in [0.05, 0.1) is 6.26 Å². The maximum atomic E-state index is 5.92. The van der Waals surface area contributed by atoms with Gasteiger partial charge in [0.2, 0.25) is 0 Å². The van der Waals surface area contributed by atoms with Gasteiger partial charge in [-0.2, -0.15) is 0 Å². The summed E-state index contributed by atoms with van der Waals surface area (Å²) in [4.78, 5) is 0. The van der Waals surface area contributed by atoms with Gasteiger partial charge in [-0.15, -0.1) is 6.58 Å². The van der Waals surface area contributed by atoms with Crippen molar-refractivity contribution in [3.63, 3.8) is 0 Å². The average Bonchev–Trinajstić information content (AvgIpc) is 2.45. The lowest BCUT2D eigenvalue weighted by atomic mass is 9.81. The van der Waals surface area contributed by atoms with E-state index in [1.807, 2.05) is 18.4 Å². The molecule has 0 amide bonds. The van der Waals surface area contributed by atoms with Gasteiger partial charge in [0, 0.05) is 5.92 Å². The Balaban J connectivity index is 2.00. The summed E-state index contributed by atoms with van der Waals surface area (Å²) in [5.41, 5.74) is 1.42. The van der Waals surface area contributed by atoms with Crippen molar-refractivity contribution in [3.8, 4) is 0 Å². The summed E-state index contributed by atoms with van der Waals surface area (Å²) in [5, 5.41) is 0. The summed E-state index contributed by atoms with van der Waals surface area (Å²) < 4.78 is 5.92. The van der Waals surface area contributed by atoms with E-state index in [1.54, 1.807) is 0 Å². The zero-order valence-corrected chi connectivity index (χ0v) is 10.9. The smallest absolute Gasteiger partial charge is 0.105 e. The Morgan fingerprint density at radius 1 is 1.17 bits per heavy atom. The molecule has 1 fully saturated rings. The molecule has 2 atom stereocenters. The largest absolute Gasteiger partial charge is 0.498 e. The summed E-state index contributed by atoms with van der Waals surface area (Å²) in [7, 11) is 0. The van der Waals surface area contributed by atoms with Gasteiger partial charge in [-0.25, -0.2) is 0 Å². The molecule has 0 heterocycles. The second-order valence-corrected chi connectivity index (χ2v) is 4.87. The monoisotopic (exact) mass is 242 g/mol. The van der Waals surface area contributed by atoms with Crippen LogP contribution in [0.2, 0.25) is 0 Å². The van der Waals surface area contributed by atoms with Crippen LogP contribution in [0.25, 0.3) is 0 Å². The van der Waals surface area contributed by atoms with Gasteiger partial charge in [0.15, 0.2) is 0 Å². The van der Waals surface area contributed by atoms with Crippen LogP contribution in [0.4, 0.5) is 0 Å². The van der Waals surface area contributed by atoms with E-state index in [9.17, 15) is 0 Å². The highest BCUT2D eigenvalue weighted by Gasteiger charge is 2.26. The van der Waals surface area contributed by atoms with Gasteiger partial charge in [-0.05, 0) is 37.3 Å². The van der Waals surface area contributed by atoms with Crippen molar-refractivity contribution in [1.82, 2.24) is 0 Å². The molecule has 0 aromatic heterocycles. The predicted molar refractivity (Wildman–Crippen MR) is 76.5 cm³/mol. The molecule has 1 heteroatoms. The van der Waals surface area contributed by atoms with E-state index >= 15 is 0 Å². The first kappa shape index (κ1) is 12.9. The summed E-state index contributed by atoms with van der Waals surface area (Å²) >= 11 is 0. The Morgan fingerprint density at radius 3 is 2.72 bits per heavy atom. The van der Waals surface area contributed by atoms with E-state index in [0.717, 1.165) is 12.8 Å². The van der Waals surface area contributed by atoms with Crippen molar-refractivity contribution < 1.29 is 4.74 Å². The predicted octanol–water partition coefficient (Wildman–Crippen LogP) is 4.82. The Labute approximate surface area is 110 Å². The molecule has 2 rings (SSSR count). The molecule has 0 N–H and O–H groups in total. The first-order valence-electron chi connectivity index (χ1n) is 6.88. The van der Waals surface area contributed by atoms with Crippen molar-refractivity contribution in [2.24, 2.45) is 0 Å². The lowest BCUT2D eigenvalue weighted by Crippen LogP contribution is -2.24. The molecule has 0 unspecified atom stereocenters. The van der Waals surface area contributed by atoms with E-state index in [2.05, 4.69) is 36.9 Å². The number of ether oxygens (including phenoxy) is 1. The van der Waals surface area contributed by atoms with Crippen LogP contribution in [0.15, 0.2) is 55.3 Å². The molecular weight excluding hydrogens is 220 g/mol. The topological polar surface area (TPSA) is 9.23 Å². The molecule has 1 aromatic carbocycles. The quantitative estimate of drug-likeness (QED) is 0.531. The zero-order valence-electron chi connectivity index (χ0n) is 10.9. The number of hydrogen-bond acceptors (Lipinski definition) is 1. The fourth-order valence-electron chi connectivity index (χ4n) is 2.65. The minimum atomic E-state index is 0.335. The number of allylic oxidation sites excluding steroid dienone is 2. The molecule has 0 aliphatic heterocycles. The van der Waals surface area contributed by atoms with Crippen LogP contribution in [-0.2, 0) is 4.74 Å². The number of benzene rings is 1. The van der Waals surface area contributed by atoms with Crippen LogP contribution >= 0.6 is 0 Å². The first-order chi connectivity index (χ1) is 8.92. The molecule has 0 bridgehead atoms. The second-order valence-electron chi connectivity index (χ2n) is 4.87. The van der Waals surface area contributed by atoms with E-state index < -0.39 is 0 Å². The van der Waals surface area contributed by atoms with Crippen LogP contribution < -0.4 is 0 Å². The minimum Gasteiger partial charge on any atom is -0.498 e. The summed E-state index contributed by atoms with van der Waals surface area (Å²) in [6, 6.07) is 10.8. The Bertz CT molecular complexity index is 380. The third kappa shape index (κ3) is 3.49. The third-order valence-corrected chi connectivity index (χ3v) is 3.58. The molecule has 96 valence electrons. The average molecular weight is 242 g/mol. The molecule has 1 aliphatic rings. The lowest BCUT2D eigenvalue weighted by molar-refractivity contribution is 0.0844. The van der Waals surface area contributed by atoms with Crippen LogP contribution in [0.5, 0.6) is 0 Å². The highest BCUT2D eigenvalue weighted by Crippen LogP contribution is 2.34. The van der Waals surface area contributed by atoms with E-state index in [0.29, 0.717) is 12.0 Å². The van der Waals surface area contributed by atoms with Crippen molar-refractivity contribution in [1.29, 1.82) is 0 Å². The number of rotatable bonds is 5. The minimum absolute atomic E-state index is 0.335. The summed E-state index contributed by atoms with van der Waals surface area (Å²) in [6.45, 7) is 3.70. The highest BCUT2D eigenvalue weighted by atomic mass is 16.5. The molecule has 18 heavy (non-hydrogen) atoms. The van der Waals surface area contributed by atoms with Crippen LogP contribution in [-0.4, -0.2) is 6.10 Å². The second kappa shape index (κ2) is 7.05. The zero-order chi connectivity index (χ0) is 12.6. The Kier molecular flexibility index (Phi) is 5.07. The molecular formula is C17H22O. The van der Waals surface area contributed by atoms with Gasteiger partial charge in [-0.3, -0.25) is 0 Å². The Hall–Kier alpha value is -1.50. The van der Waals surface area contributed by atoms with E-state index in [-0.39, 0.29) is 0 Å². The first-order valence-corrected chi connectivity index (χ1v) is 6.88. The SMILES string of the molecule is C=CC/C=C/O[C@@H]1CCCC[C@H]1c1ccccc1. The van der Waals surface area contributed by atoms with Crippen molar-refractivity contribution >= 4 is 0 Å². The number of hydrogen-bond donors (Lipinski definition) is 0. The van der Waals surface area contributed by atoms with Crippen molar-refractivity contribution in [2.75, 3.05) is 0 Å². The van der Waals surface area contributed by atoms with Gasteiger partial charge < -0.3 is 4.74 Å². The van der Waals surface area contributed by atoms with Crippen LogP contribution in [0.3, 0.4) is 0 Å². The fraction of sp³-hybridized carbons (Fsp3) is 0.412. The van der Waals surface area contributed by atoms with Gasteiger partial charge in [0.25, 0.3) is 0 Å². The third-order valence-electron chi connectivity index (χ3n) is 3.58. The molecule has 1 nitrogen and oxygen atoms in total. The van der Waals surface area contributed by atoms with Crippen molar-refractivity contribution in [3.05, 3.63) is 60.9 Å². The van der Waals surface area contributed by atoms with E-state index in [1.165, 1.54) is 24.8 Å². The molecule has 1 aromatic rings. The van der Waals surface area contributed by atoms with Crippen LogP contribution in [0.1, 0.15) is 43.6 Å². The normalized spacial score (nSPS) is 24.0. The maximum Gasteiger partial charge on any atom is 0.105 e. The standard InChI is InChI=1S/C17H22O/c1-2-3-9-14-18-17-13-8-7-12-16(17)15-10-5-4-6-11-15/h2,4-6,9-11,14,16-17H,1,3,7-8,12-13H2/b14-9+/t16-,17+/m0/s1. The molecule has 1 aliphatic carbocycles.